The molecule has 2 aromatic rings. The fraction of sp³-hybridized carbons (Fsp3) is 0.250. The minimum absolute atomic E-state index is 0.0175. The van der Waals surface area contributed by atoms with Crippen molar-refractivity contribution in [2.24, 2.45) is 7.05 Å². The number of amides is 1. The largest absolute Gasteiger partial charge is 0.361 e. The van der Waals surface area contributed by atoms with Gasteiger partial charge in [0, 0.05) is 31.0 Å². The molecule has 0 saturated heterocycles. The maximum Gasteiger partial charge on any atom is 0.257 e. The van der Waals surface area contributed by atoms with Gasteiger partial charge in [-0.1, -0.05) is 12.1 Å². The van der Waals surface area contributed by atoms with E-state index >= 15 is 0 Å². The van der Waals surface area contributed by atoms with Gasteiger partial charge in [0.2, 0.25) is 0 Å². The van der Waals surface area contributed by atoms with Gasteiger partial charge in [-0.25, -0.2) is 0 Å². The number of carbonyl (C=O) groups is 1. The lowest BCUT2D eigenvalue weighted by Crippen LogP contribution is -2.40. The number of para-hydroxylation sites is 1. The smallest absolute Gasteiger partial charge is 0.257 e. The van der Waals surface area contributed by atoms with E-state index in [4.69, 9.17) is 5.26 Å². The summed E-state index contributed by atoms with van der Waals surface area (Å²) in [7, 11) is 3.63. The number of carbonyl (C=O) groups excluding carboxylic acids is 1. The Hall–Kier alpha value is -2.74. The topological polar surface area (TPSA) is 61.1 Å². The predicted octanol–water partition coefficient (Wildman–Crippen LogP) is 2.40. The van der Waals surface area contributed by atoms with Gasteiger partial charge in [0.25, 0.3) is 5.91 Å². The highest BCUT2D eigenvalue weighted by atomic mass is 16.2. The molecule has 0 spiro atoms. The molecule has 0 bridgehead atoms. The Morgan fingerprint density at radius 3 is 2.67 bits per heavy atom. The first-order valence-electron chi connectivity index (χ1n) is 6.73. The second-order valence-electron chi connectivity index (χ2n) is 5.25. The van der Waals surface area contributed by atoms with Gasteiger partial charge in [-0.2, -0.15) is 5.26 Å². The molecule has 0 radical (unpaired) electrons. The molecule has 1 aromatic carbocycles. The van der Waals surface area contributed by atoms with Crippen LogP contribution in [-0.4, -0.2) is 22.4 Å². The van der Waals surface area contributed by atoms with Crippen molar-refractivity contribution >= 4 is 11.6 Å². The maximum atomic E-state index is 12.5. The number of benzene rings is 1. The van der Waals surface area contributed by atoms with Crippen LogP contribution in [0.1, 0.15) is 33.5 Å². The van der Waals surface area contributed by atoms with E-state index in [2.05, 4.69) is 11.4 Å². The first-order valence-corrected chi connectivity index (χ1v) is 6.73. The van der Waals surface area contributed by atoms with E-state index in [0.717, 1.165) is 16.9 Å². The summed E-state index contributed by atoms with van der Waals surface area (Å²) in [5, 5.41) is 12.5. The molecule has 1 atom stereocenters. The van der Waals surface area contributed by atoms with Crippen LogP contribution in [0.15, 0.2) is 30.3 Å². The standard InChI is InChI=1S/C16H16N4O/c1-10-13(8-11(9-17)19(10)2)15-18-14-7-5-4-6-12(14)16(21)20(15)3/h4-8,15,18H,1-3H3. The van der Waals surface area contributed by atoms with Gasteiger partial charge in [0.1, 0.15) is 17.9 Å². The lowest BCUT2D eigenvalue weighted by Gasteiger charge is -2.35. The molecular weight excluding hydrogens is 264 g/mol. The number of hydrogen-bond donors (Lipinski definition) is 1. The summed E-state index contributed by atoms with van der Waals surface area (Å²) in [4.78, 5) is 14.2. The van der Waals surface area contributed by atoms with Crippen LogP contribution in [-0.2, 0) is 7.05 Å². The quantitative estimate of drug-likeness (QED) is 0.872. The van der Waals surface area contributed by atoms with Crippen molar-refractivity contribution in [3.05, 3.63) is 52.8 Å². The van der Waals surface area contributed by atoms with Crippen LogP contribution in [0.2, 0.25) is 0 Å². The number of nitrogens with zero attached hydrogens (tertiary/aromatic N) is 3. The van der Waals surface area contributed by atoms with E-state index in [1.54, 1.807) is 11.9 Å². The predicted molar refractivity (Wildman–Crippen MR) is 79.8 cm³/mol. The van der Waals surface area contributed by atoms with Crippen molar-refractivity contribution in [1.82, 2.24) is 9.47 Å². The van der Waals surface area contributed by atoms with Gasteiger partial charge < -0.3 is 14.8 Å². The van der Waals surface area contributed by atoms with E-state index in [1.165, 1.54) is 0 Å². The van der Waals surface area contributed by atoms with Gasteiger partial charge in [-0.3, -0.25) is 4.79 Å². The van der Waals surface area contributed by atoms with E-state index in [-0.39, 0.29) is 12.1 Å². The van der Waals surface area contributed by atoms with Crippen molar-refractivity contribution in [2.45, 2.75) is 13.1 Å². The molecular formula is C16H16N4O. The van der Waals surface area contributed by atoms with Crippen molar-refractivity contribution in [2.75, 3.05) is 12.4 Å². The summed E-state index contributed by atoms with van der Waals surface area (Å²) in [6.45, 7) is 1.96. The molecule has 0 saturated carbocycles. The molecule has 1 N–H and O–H groups in total. The van der Waals surface area contributed by atoms with E-state index in [9.17, 15) is 4.79 Å². The highest BCUT2D eigenvalue weighted by Gasteiger charge is 2.32. The third-order valence-corrected chi connectivity index (χ3v) is 4.14. The Balaban J connectivity index is 2.09. The van der Waals surface area contributed by atoms with Crippen molar-refractivity contribution < 1.29 is 4.79 Å². The highest BCUT2D eigenvalue weighted by Crippen LogP contribution is 2.33. The SMILES string of the molecule is Cc1c(C2Nc3ccccc3C(=O)N2C)cc(C#N)n1C. The van der Waals surface area contributed by atoms with Gasteiger partial charge in [-0.15, -0.1) is 0 Å². The van der Waals surface area contributed by atoms with Crippen LogP contribution < -0.4 is 5.32 Å². The average molecular weight is 280 g/mol. The number of hydrogen-bond acceptors (Lipinski definition) is 3. The molecule has 5 heteroatoms. The Bertz CT molecular complexity index is 769. The number of anilines is 1. The zero-order valence-electron chi connectivity index (χ0n) is 12.2. The van der Waals surface area contributed by atoms with Crippen LogP contribution >= 0.6 is 0 Å². The molecule has 106 valence electrons. The fourth-order valence-corrected chi connectivity index (χ4v) is 2.74. The van der Waals surface area contributed by atoms with Crippen LogP contribution in [0.3, 0.4) is 0 Å². The van der Waals surface area contributed by atoms with Crippen LogP contribution in [0.4, 0.5) is 5.69 Å². The maximum absolute atomic E-state index is 12.5. The molecule has 3 rings (SSSR count). The molecule has 1 unspecified atom stereocenters. The summed E-state index contributed by atoms with van der Waals surface area (Å²) >= 11 is 0. The molecule has 2 heterocycles. The fourth-order valence-electron chi connectivity index (χ4n) is 2.74. The number of fused-ring (bicyclic) bond motifs is 1. The van der Waals surface area contributed by atoms with Gasteiger partial charge in [0.15, 0.2) is 0 Å². The Kier molecular flexibility index (Phi) is 2.95. The second-order valence-corrected chi connectivity index (χ2v) is 5.25. The molecule has 1 aromatic heterocycles. The molecule has 1 amide bonds. The summed E-state index contributed by atoms with van der Waals surface area (Å²) in [6.07, 6.45) is -0.263. The zero-order chi connectivity index (χ0) is 15.1. The van der Waals surface area contributed by atoms with E-state index in [1.807, 2.05) is 48.9 Å². The monoisotopic (exact) mass is 280 g/mol. The minimum Gasteiger partial charge on any atom is -0.361 e. The highest BCUT2D eigenvalue weighted by molar-refractivity contribution is 6.01. The zero-order valence-corrected chi connectivity index (χ0v) is 12.2. The minimum atomic E-state index is -0.263. The summed E-state index contributed by atoms with van der Waals surface area (Å²) in [6, 6.07) is 11.5. The molecule has 1 aliphatic rings. The Labute approximate surface area is 123 Å². The molecule has 1 aliphatic heterocycles. The van der Waals surface area contributed by atoms with Crippen LogP contribution in [0.5, 0.6) is 0 Å². The number of rotatable bonds is 1. The molecule has 21 heavy (non-hydrogen) atoms. The van der Waals surface area contributed by atoms with Gasteiger partial charge in [0.05, 0.1) is 5.56 Å². The first kappa shape index (κ1) is 13.3. The molecule has 0 fully saturated rings. The van der Waals surface area contributed by atoms with E-state index in [0.29, 0.717) is 11.3 Å². The number of nitriles is 1. The Morgan fingerprint density at radius 2 is 2.00 bits per heavy atom. The molecule has 0 aliphatic carbocycles. The van der Waals surface area contributed by atoms with Crippen molar-refractivity contribution in [1.29, 1.82) is 5.26 Å². The number of aromatic nitrogens is 1. The third-order valence-electron chi connectivity index (χ3n) is 4.14. The lowest BCUT2D eigenvalue weighted by atomic mass is 10.0. The van der Waals surface area contributed by atoms with Gasteiger partial charge >= 0.3 is 0 Å². The second kappa shape index (κ2) is 4.67. The summed E-state index contributed by atoms with van der Waals surface area (Å²) < 4.78 is 1.84. The van der Waals surface area contributed by atoms with Gasteiger partial charge in [-0.05, 0) is 25.1 Å². The normalized spacial score (nSPS) is 17.1. The van der Waals surface area contributed by atoms with Crippen LogP contribution in [0, 0.1) is 18.3 Å². The Morgan fingerprint density at radius 1 is 1.29 bits per heavy atom. The molecule has 5 nitrogen and oxygen atoms in total. The van der Waals surface area contributed by atoms with Crippen molar-refractivity contribution in [3.63, 3.8) is 0 Å². The van der Waals surface area contributed by atoms with E-state index < -0.39 is 0 Å². The third kappa shape index (κ3) is 1.88. The summed E-state index contributed by atoms with van der Waals surface area (Å²) in [5.41, 5.74) is 4.00. The number of nitrogens with one attached hydrogen (secondary N) is 1. The van der Waals surface area contributed by atoms with Crippen molar-refractivity contribution in [3.8, 4) is 6.07 Å². The lowest BCUT2D eigenvalue weighted by molar-refractivity contribution is 0.0735. The average Bonchev–Trinajstić information content (AvgIpc) is 2.79. The van der Waals surface area contributed by atoms with Crippen LogP contribution in [0.25, 0.3) is 0 Å². The summed E-state index contributed by atoms with van der Waals surface area (Å²) in [5.74, 6) is -0.0175. The first-order chi connectivity index (χ1) is 10.0.